The van der Waals surface area contributed by atoms with E-state index in [-0.39, 0.29) is 17.9 Å². The normalized spacial score (nSPS) is 12.8. The average Bonchev–Trinajstić information content (AvgIpc) is 3.21. The van der Waals surface area contributed by atoms with Gasteiger partial charge in [0, 0.05) is 24.1 Å². The van der Waals surface area contributed by atoms with Gasteiger partial charge >= 0.3 is 0 Å². The van der Waals surface area contributed by atoms with Crippen molar-refractivity contribution in [3.05, 3.63) is 66.1 Å². The zero-order valence-electron chi connectivity index (χ0n) is 15.2. The van der Waals surface area contributed by atoms with Crippen LogP contribution in [-0.2, 0) is 7.05 Å². The van der Waals surface area contributed by atoms with Crippen LogP contribution in [0.25, 0.3) is 21.9 Å². The maximum Gasteiger partial charge on any atom is 0.254 e. The summed E-state index contributed by atoms with van der Waals surface area (Å²) in [5.41, 5.74) is 3.62. The highest BCUT2D eigenvalue weighted by molar-refractivity contribution is 6.07. The van der Waals surface area contributed by atoms with Gasteiger partial charge in [-0.1, -0.05) is 44.2 Å². The van der Waals surface area contributed by atoms with Crippen molar-refractivity contribution >= 4 is 27.8 Å². The Kier molecular flexibility index (Phi) is 3.99. The third-order valence-electron chi connectivity index (χ3n) is 4.80. The Morgan fingerprint density at radius 1 is 1.12 bits per heavy atom. The number of aromatic nitrogens is 3. The number of imidazole rings is 1. The molecule has 0 unspecified atom stereocenters. The minimum Gasteiger partial charge on any atom is -0.350 e. The number of nitrogens with one attached hydrogen (secondary N) is 2. The van der Waals surface area contributed by atoms with Crippen molar-refractivity contribution < 1.29 is 4.79 Å². The smallest absolute Gasteiger partial charge is 0.254 e. The summed E-state index contributed by atoms with van der Waals surface area (Å²) < 4.78 is 1.98. The lowest BCUT2D eigenvalue weighted by Crippen LogP contribution is -2.32. The second-order valence-corrected chi connectivity index (χ2v) is 7.01. The highest BCUT2D eigenvalue weighted by atomic mass is 16.1. The predicted molar refractivity (Wildman–Crippen MR) is 104 cm³/mol. The van der Waals surface area contributed by atoms with Gasteiger partial charge in [0.05, 0.1) is 22.6 Å². The largest absolute Gasteiger partial charge is 0.350 e. The van der Waals surface area contributed by atoms with Crippen LogP contribution in [0, 0.1) is 5.92 Å². The first kappa shape index (κ1) is 16.4. The zero-order chi connectivity index (χ0) is 18.3. The summed E-state index contributed by atoms with van der Waals surface area (Å²) in [6, 6.07) is 15.7. The standard InChI is InChI=1S/C21H22N4O/c1-13(2)19(20-22-16-9-5-6-10-17(16)23-20)24-21(26)15-12-25(3)18-11-7-4-8-14(15)18/h4-13,19H,1-3H3,(H,22,23)(H,24,26)/t19-/m0/s1. The van der Waals surface area contributed by atoms with E-state index in [9.17, 15) is 4.79 Å². The van der Waals surface area contributed by atoms with Crippen LogP contribution in [-0.4, -0.2) is 20.4 Å². The molecule has 0 radical (unpaired) electrons. The lowest BCUT2D eigenvalue weighted by atomic mass is 10.0. The van der Waals surface area contributed by atoms with Gasteiger partial charge in [-0.05, 0) is 24.1 Å². The van der Waals surface area contributed by atoms with Gasteiger partial charge in [-0.15, -0.1) is 0 Å². The zero-order valence-corrected chi connectivity index (χ0v) is 15.2. The molecule has 2 aromatic carbocycles. The summed E-state index contributed by atoms with van der Waals surface area (Å²) in [6.07, 6.45) is 1.88. The number of benzene rings is 2. The van der Waals surface area contributed by atoms with E-state index < -0.39 is 0 Å². The van der Waals surface area contributed by atoms with Gasteiger partial charge in [0.15, 0.2) is 0 Å². The minimum absolute atomic E-state index is 0.0824. The van der Waals surface area contributed by atoms with Crippen LogP contribution in [0.4, 0.5) is 0 Å². The van der Waals surface area contributed by atoms with Gasteiger partial charge in [0.25, 0.3) is 5.91 Å². The van der Waals surface area contributed by atoms with Crippen molar-refractivity contribution in [2.24, 2.45) is 13.0 Å². The van der Waals surface area contributed by atoms with Crippen LogP contribution >= 0.6 is 0 Å². The Morgan fingerprint density at radius 2 is 1.85 bits per heavy atom. The van der Waals surface area contributed by atoms with Crippen LogP contribution in [0.5, 0.6) is 0 Å². The highest BCUT2D eigenvalue weighted by Gasteiger charge is 2.24. The Bertz CT molecular complexity index is 1060. The van der Waals surface area contributed by atoms with Crippen LogP contribution in [0.2, 0.25) is 0 Å². The third-order valence-corrected chi connectivity index (χ3v) is 4.80. The second-order valence-electron chi connectivity index (χ2n) is 7.01. The van der Waals surface area contributed by atoms with Crippen LogP contribution in [0.1, 0.15) is 36.1 Å². The fraction of sp³-hybridized carbons (Fsp3) is 0.238. The monoisotopic (exact) mass is 346 g/mol. The van der Waals surface area contributed by atoms with E-state index in [0.717, 1.165) is 27.8 Å². The molecule has 0 aliphatic rings. The van der Waals surface area contributed by atoms with Crippen molar-refractivity contribution in [3.8, 4) is 0 Å². The summed E-state index contributed by atoms with van der Waals surface area (Å²) in [5.74, 6) is 0.908. The molecule has 0 aliphatic heterocycles. The number of hydrogen-bond acceptors (Lipinski definition) is 2. The molecule has 4 rings (SSSR count). The van der Waals surface area contributed by atoms with Crippen molar-refractivity contribution in [3.63, 3.8) is 0 Å². The molecule has 5 nitrogen and oxygen atoms in total. The van der Waals surface area contributed by atoms with E-state index >= 15 is 0 Å². The van der Waals surface area contributed by atoms with Gasteiger partial charge in [-0.25, -0.2) is 4.98 Å². The summed E-state index contributed by atoms with van der Waals surface area (Å²) in [5, 5.41) is 4.13. The second kappa shape index (κ2) is 6.33. The van der Waals surface area contributed by atoms with E-state index in [4.69, 9.17) is 0 Å². The molecular formula is C21H22N4O. The van der Waals surface area contributed by atoms with E-state index in [1.807, 2.05) is 66.3 Å². The molecule has 2 aromatic heterocycles. The summed E-state index contributed by atoms with van der Waals surface area (Å²) >= 11 is 0. The molecule has 0 bridgehead atoms. The van der Waals surface area contributed by atoms with E-state index in [0.29, 0.717) is 5.56 Å². The molecule has 4 aromatic rings. The molecule has 0 saturated heterocycles. The van der Waals surface area contributed by atoms with Crippen molar-refractivity contribution in [1.29, 1.82) is 0 Å². The molecule has 0 fully saturated rings. The molecular weight excluding hydrogens is 324 g/mol. The molecule has 0 saturated carbocycles. The van der Waals surface area contributed by atoms with Gasteiger partial charge in [0.1, 0.15) is 5.82 Å². The fourth-order valence-electron chi connectivity index (χ4n) is 3.41. The number of nitrogens with zero attached hydrogens (tertiary/aromatic N) is 2. The van der Waals surface area contributed by atoms with E-state index in [1.165, 1.54) is 0 Å². The summed E-state index contributed by atoms with van der Waals surface area (Å²) in [7, 11) is 1.96. The average molecular weight is 346 g/mol. The molecule has 1 atom stereocenters. The first-order chi connectivity index (χ1) is 12.5. The predicted octanol–water partition coefficient (Wildman–Crippen LogP) is 4.18. The van der Waals surface area contributed by atoms with Gasteiger partial charge < -0.3 is 14.9 Å². The number of aryl methyl sites for hydroxylation is 1. The fourth-order valence-corrected chi connectivity index (χ4v) is 3.41. The molecule has 132 valence electrons. The highest BCUT2D eigenvalue weighted by Crippen LogP contribution is 2.25. The van der Waals surface area contributed by atoms with E-state index in [1.54, 1.807) is 0 Å². The van der Waals surface area contributed by atoms with Crippen LogP contribution < -0.4 is 5.32 Å². The maximum absolute atomic E-state index is 13.0. The number of fused-ring (bicyclic) bond motifs is 2. The van der Waals surface area contributed by atoms with Crippen molar-refractivity contribution in [1.82, 2.24) is 19.9 Å². The van der Waals surface area contributed by atoms with Crippen LogP contribution in [0.3, 0.4) is 0 Å². The molecule has 26 heavy (non-hydrogen) atoms. The quantitative estimate of drug-likeness (QED) is 0.582. The topological polar surface area (TPSA) is 62.7 Å². The Balaban J connectivity index is 1.69. The van der Waals surface area contributed by atoms with Gasteiger partial charge in [0.2, 0.25) is 0 Å². The first-order valence-electron chi connectivity index (χ1n) is 8.84. The Morgan fingerprint density at radius 3 is 2.62 bits per heavy atom. The van der Waals surface area contributed by atoms with Gasteiger partial charge in [-0.3, -0.25) is 4.79 Å². The minimum atomic E-state index is -0.186. The van der Waals surface area contributed by atoms with Crippen molar-refractivity contribution in [2.75, 3.05) is 0 Å². The number of rotatable bonds is 4. The lowest BCUT2D eigenvalue weighted by molar-refractivity contribution is 0.0925. The van der Waals surface area contributed by atoms with Gasteiger partial charge in [-0.2, -0.15) is 0 Å². The lowest BCUT2D eigenvalue weighted by Gasteiger charge is -2.20. The molecule has 5 heteroatoms. The number of aromatic amines is 1. The Hall–Kier alpha value is -3.08. The number of carbonyl (C=O) groups is 1. The number of hydrogen-bond donors (Lipinski definition) is 2. The number of para-hydroxylation sites is 3. The van der Waals surface area contributed by atoms with E-state index in [2.05, 4.69) is 29.1 Å². The summed E-state index contributed by atoms with van der Waals surface area (Å²) in [6.45, 7) is 4.17. The number of H-pyrrole nitrogens is 1. The number of carbonyl (C=O) groups excluding carboxylic acids is 1. The summed E-state index contributed by atoms with van der Waals surface area (Å²) in [4.78, 5) is 21.0. The molecule has 0 aliphatic carbocycles. The maximum atomic E-state index is 13.0. The first-order valence-corrected chi connectivity index (χ1v) is 8.84. The molecule has 2 N–H and O–H groups in total. The van der Waals surface area contributed by atoms with Crippen LogP contribution in [0.15, 0.2) is 54.7 Å². The Labute approximate surface area is 152 Å². The molecule has 2 heterocycles. The molecule has 0 spiro atoms. The van der Waals surface area contributed by atoms with Crippen molar-refractivity contribution in [2.45, 2.75) is 19.9 Å². The molecule has 1 amide bonds. The SMILES string of the molecule is CC(C)[C@H](NC(=O)c1cn(C)c2ccccc12)c1nc2ccccc2[nH]1. The number of amides is 1. The third kappa shape index (κ3) is 2.75.